The Balaban J connectivity index is 1.98. The van der Waals surface area contributed by atoms with Crippen molar-refractivity contribution in [3.63, 3.8) is 0 Å². The van der Waals surface area contributed by atoms with Crippen LogP contribution < -0.4 is 10.6 Å². The molecule has 20 heavy (non-hydrogen) atoms. The zero-order valence-electron chi connectivity index (χ0n) is 12.1. The standard InChI is InChI=1S/C16H22N4/c1-11-5-6-12(8-17)10-20(11)16-14(9-18)7-13-3-2-4-15(13)19-16/h7,11-12H,2-6,8,10,17H2,1H3. The lowest BCUT2D eigenvalue weighted by atomic mass is 9.93. The molecule has 1 aliphatic carbocycles. The Morgan fingerprint density at radius 2 is 2.30 bits per heavy atom. The second-order valence-corrected chi connectivity index (χ2v) is 6.11. The van der Waals surface area contributed by atoms with Gasteiger partial charge in [-0.15, -0.1) is 0 Å². The van der Waals surface area contributed by atoms with Crippen LogP contribution in [0.2, 0.25) is 0 Å². The summed E-state index contributed by atoms with van der Waals surface area (Å²) in [6, 6.07) is 4.84. The van der Waals surface area contributed by atoms with Crippen LogP contribution in [0, 0.1) is 17.2 Å². The summed E-state index contributed by atoms with van der Waals surface area (Å²) >= 11 is 0. The minimum Gasteiger partial charge on any atom is -0.352 e. The lowest BCUT2D eigenvalue weighted by Gasteiger charge is -2.39. The zero-order valence-corrected chi connectivity index (χ0v) is 12.1. The van der Waals surface area contributed by atoms with Crippen molar-refractivity contribution in [2.75, 3.05) is 18.0 Å². The number of nitrogens with two attached hydrogens (primary N) is 1. The smallest absolute Gasteiger partial charge is 0.147 e. The number of nitrogens with zero attached hydrogens (tertiary/aromatic N) is 3. The van der Waals surface area contributed by atoms with Gasteiger partial charge in [-0.25, -0.2) is 4.98 Å². The molecule has 1 fully saturated rings. The number of anilines is 1. The molecule has 0 radical (unpaired) electrons. The highest BCUT2D eigenvalue weighted by Gasteiger charge is 2.28. The summed E-state index contributed by atoms with van der Waals surface area (Å²) in [6.45, 7) is 3.87. The molecule has 4 nitrogen and oxygen atoms in total. The minimum absolute atomic E-state index is 0.442. The third-order valence-electron chi connectivity index (χ3n) is 4.74. The predicted molar refractivity (Wildman–Crippen MR) is 79.6 cm³/mol. The fourth-order valence-corrected chi connectivity index (χ4v) is 3.43. The van der Waals surface area contributed by atoms with Gasteiger partial charge < -0.3 is 10.6 Å². The number of hydrogen-bond acceptors (Lipinski definition) is 4. The Labute approximate surface area is 120 Å². The van der Waals surface area contributed by atoms with Crippen LogP contribution >= 0.6 is 0 Å². The lowest BCUT2D eigenvalue weighted by Crippen LogP contribution is -2.44. The van der Waals surface area contributed by atoms with Crippen molar-refractivity contribution >= 4 is 5.82 Å². The van der Waals surface area contributed by atoms with Crippen LogP contribution in [0.1, 0.15) is 43.0 Å². The molecule has 2 unspecified atom stereocenters. The molecule has 3 rings (SSSR count). The first-order chi connectivity index (χ1) is 9.72. The maximum absolute atomic E-state index is 9.45. The van der Waals surface area contributed by atoms with Crippen LogP contribution in [-0.2, 0) is 12.8 Å². The Bertz CT molecular complexity index is 546. The molecular weight excluding hydrogens is 248 g/mol. The third-order valence-corrected chi connectivity index (χ3v) is 4.74. The number of hydrogen-bond donors (Lipinski definition) is 1. The topological polar surface area (TPSA) is 65.9 Å². The van der Waals surface area contributed by atoms with Gasteiger partial charge in [0.25, 0.3) is 0 Å². The Morgan fingerprint density at radius 1 is 1.45 bits per heavy atom. The molecule has 0 bridgehead atoms. The van der Waals surface area contributed by atoms with Crippen molar-refractivity contribution in [3.8, 4) is 6.07 Å². The number of pyridine rings is 1. The van der Waals surface area contributed by atoms with Crippen molar-refractivity contribution in [1.82, 2.24) is 4.98 Å². The fraction of sp³-hybridized carbons (Fsp3) is 0.625. The maximum Gasteiger partial charge on any atom is 0.147 e. The second-order valence-electron chi connectivity index (χ2n) is 6.11. The van der Waals surface area contributed by atoms with E-state index in [9.17, 15) is 5.26 Å². The Hall–Kier alpha value is -1.60. The van der Waals surface area contributed by atoms with Gasteiger partial charge in [0.15, 0.2) is 0 Å². The normalized spacial score (nSPS) is 25.4. The molecule has 1 saturated heterocycles. The van der Waals surface area contributed by atoms with Gasteiger partial charge in [-0.2, -0.15) is 5.26 Å². The molecule has 2 atom stereocenters. The van der Waals surface area contributed by atoms with Gasteiger partial charge in [-0.1, -0.05) is 0 Å². The average molecular weight is 270 g/mol. The molecule has 4 heteroatoms. The van der Waals surface area contributed by atoms with E-state index in [-0.39, 0.29) is 0 Å². The molecule has 2 heterocycles. The average Bonchev–Trinajstić information content (AvgIpc) is 2.93. The number of aromatic nitrogens is 1. The van der Waals surface area contributed by atoms with Crippen LogP contribution in [-0.4, -0.2) is 24.1 Å². The van der Waals surface area contributed by atoms with Crippen LogP contribution in [0.25, 0.3) is 0 Å². The molecule has 0 amide bonds. The highest BCUT2D eigenvalue weighted by Crippen LogP contribution is 2.31. The number of piperidine rings is 1. The van der Waals surface area contributed by atoms with E-state index >= 15 is 0 Å². The molecular formula is C16H22N4. The van der Waals surface area contributed by atoms with Gasteiger partial charge in [-0.05, 0) is 63.1 Å². The van der Waals surface area contributed by atoms with Crippen molar-refractivity contribution in [2.24, 2.45) is 11.7 Å². The summed E-state index contributed by atoms with van der Waals surface area (Å²) in [7, 11) is 0. The molecule has 0 saturated carbocycles. The number of nitriles is 1. The quantitative estimate of drug-likeness (QED) is 0.892. The van der Waals surface area contributed by atoms with E-state index in [1.807, 2.05) is 0 Å². The van der Waals surface area contributed by atoms with Gasteiger partial charge in [0.2, 0.25) is 0 Å². The zero-order chi connectivity index (χ0) is 14.1. The van der Waals surface area contributed by atoms with Crippen LogP contribution in [0.5, 0.6) is 0 Å². The lowest BCUT2D eigenvalue weighted by molar-refractivity contribution is 0.371. The molecule has 1 aliphatic heterocycles. The van der Waals surface area contributed by atoms with E-state index < -0.39 is 0 Å². The number of rotatable bonds is 2. The molecule has 1 aromatic heterocycles. The largest absolute Gasteiger partial charge is 0.352 e. The van der Waals surface area contributed by atoms with E-state index in [2.05, 4.69) is 24.0 Å². The SMILES string of the molecule is CC1CCC(CN)CN1c1nc2c(cc1C#N)CCC2. The molecule has 106 valence electrons. The maximum atomic E-state index is 9.45. The summed E-state index contributed by atoms with van der Waals surface area (Å²) in [5.41, 5.74) is 9.03. The van der Waals surface area contributed by atoms with Crippen LogP contribution in [0.4, 0.5) is 5.82 Å². The molecule has 0 spiro atoms. The van der Waals surface area contributed by atoms with Crippen molar-refractivity contribution in [2.45, 2.75) is 45.1 Å². The first kappa shape index (κ1) is 13.4. The van der Waals surface area contributed by atoms with E-state index in [1.54, 1.807) is 0 Å². The van der Waals surface area contributed by atoms with Crippen molar-refractivity contribution < 1.29 is 0 Å². The van der Waals surface area contributed by atoms with E-state index in [0.717, 1.165) is 50.2 Å². The summed E-state index contributed by atoms with van der Waals surface area (Å²) in [6.07, 6.45) is 5.60. The Kier molecular flexibility index (Phi) is 3.62. The van der Waals surface area contributed by atoms with Crippen molar-refractivity contribution in [3.05, 3.63) is 22.9 Å². The van der Waals surface area contributed by atoms with Gasteiger partial charge in [0.1, 0.15) is 11.9 Å². The fourth-order valence-electron chi connectivity index (χ4n) is 3.43. The molecule has 1 aromatic rings. The number of aryl methyl sites for hydroxylation is 2. The van der Waals surface area contributed by atoms with Gasteiger partial charge in [0, 0.05) is 18.3 Å². The van der Waals surface area contributed by atoms with Gasteiger partial charge in [0.05, 0.1) is 5.56 Å². The highest BCUT2D eigenvalue weighted by atomic mass is 15.2. The van der Waals surface area contributed by atoms with Crippen molar-refractivity contribution in [1.29, 1.82) is 5.26 Å². The first-order valence-electron chi connectivity index (χ1n) is 7.62. The molecule has 2 N–H and O–H groups in total. The van der Waals surface area contributed by atoms with Gasteiger partial charge >= 0.3 is 0 Å². The summed E-state index contributed by atoms with van der Waals surface area (Å²) in [4.78, 5) is 7.13. The summed E-state index contributed by atoms with van der Waals surface area (Å²) in [5, 5.41) is 9.45. The highest BCUT2D eigenvalue weighted by molar-refractivity contribution is 5.57. The summed E-state index contributed by atoms with van der Waals surface area (Å²) < 4.78 is 0. The third kappa shape index (κ3) is 2.27. The van der Waals surface area contributed by atoms with Crippen LogP contribution in [0.15, 0.2) is 6.07 Å². The van der Waals surface area contributed by atoms with Gasteiger partial charge in [-0.3, -0.25) is 0 Å². The second kappa shape index (κ2) is 5.41. The monoisotopic (exact) mass is 270 g/mol. The summed E-state index contributed by atoms with van der Waals surface area (Å²) in [5.74, 6) is 1.41. The number of fused-ring (bicyclic) bond motifs is 1. The predicted octanol–water partition coefficient (Wildman–Crippen LogP) is 2.01. The molecule has 2 aliphatic rings. The minimum atomic E-state index is 0.442. The van der Waals surface area contributed by atoms with E-state index in [1.165, 1.54) is 17.7 Å². The van der Waals surface area contributed by atoms with E-state index in [0.29, 0.717) is 12.0 Å². The van der Waals surface area contributed by atoms with E-state index in [4.69, 9.17) is 10.7 Å². The molecule has 0 aromatic carbocycles. The first-order valence-corrected chi connectivity index (χ1v) is 7.62. The Morgan fingerprint density at radius 3 is 3.05 bits per heavy atom. The van der Waals surface area contributed by atoms with Crippen LogP contribution in [0.3, 0.4) is 0 Å².